The lowest BCUT2D eigenvalue weighted by atomic mass is 9.67. The van der Waals surface area contributed by atoms with Gasteiger partial charge in [-0.15, -0.1) is 0 Å². The normalized spacial score (nSPS) is 27.6. The molecule has 1 aromatic rings. The van der Waals surface area contributed by atoms with Gasteiger partial charge in [-0.3, -0.25) is 4.68 Å². The van der Waals surface area contributed by atoms with Crippen LogP contribution < -0.4 is 0 Å². The van der Waals surface area contributed by atoms with Crippen LogP contribution in [0.5, 0.6) is 0 Å². The first-order valence-electron chi connectivity index (χ1n) is 7.76. The van der Waals surface area contributed by atoms with Crippen molar-refractivity contribution in [2.75, 3.05) is 6.61 Å². The molecule has 3 heteroatoms. The third-order valence-corrected chi connectivity index (χ3v) is 4.80. The molecule has 0 spiro atoms. The minimum Gasteiger partial charge on any atom is -0.396 e. The van der Waals surface area contributed by atoms with Crippen LogP contribution in [0.15, 0.2) is 12.4 Å². The fraction of sp³-hybridized carbons (Fsp3) is 0.812. The Labute approximate surface area is 117 Å². The van der Waals surface area contributed by atoms with Crippen molar-refractivity contribution in [3.8, 4) is 0 Å². The fourth-order valence-electron chi connectivity index (χ4n) is 3.46. The van der Waals surface area contributed by atoms with Gasteiger partial charge in [-0.25, -0.2) is 0 Å². The zero-order chi connectivity index (χ0) is 13.7. The van der Waals surface area contributed by atoms with E-state index < -0.39 is 0 Å². The molecule has 108 valence electrons. The van der Waals surface area contributed by atoms with Crippen molar-refractivity contribution in [3.05, 3.63) is 18.0 Å². The number of aryl methyl sites for hydroxylation is 1. The van der Waals surface area contributed by atoms with Crippen LogP contribution in [-0.4, -0.2) is 21.5 Å². The van der Waals surface area contributed by atoms with E-state index in [4.69, 9.17) is 0 Å². The molecular formula is C16H28N2O. The third kappa shape index (κ3) is 3.82. The van der Waals surface area contributed by atoms with E-state index in [2.05, 4.69) is 18.2 Å². The average Bonchev–Trinajstić information content (AvgIpc) is 2.83. The summed E-state index contributed by atoms with van der Waals surface area (Å²) in [6.45, 7) is 2.59. The van der Waals surface area contributed by atoms with Gasteiger partial charge in [0.15, 0.2) is 0 Å². The van der Waals surface area contributed by atoms with Crippen molar-refractivity contribution in [2.24, 2.45) is 18.4 Å². The van der Waals surface area contributed by atoms with Gasteiger partial charge < -0.3 is 5.11 Å². The van der Waals surface area contributed by atoms with Crippen molar-refractivity contribution >= 4 is 0 Å². The minimum absolute atomic E-state index is 0.117. The monoisotopic (exact) mass is 264 g/mol. The third-order valence-electron chi connectivity index (χ3n) is 4.80. The van der Waals surface area contributed by atoms with Crippen LogP contribution in [0.2, 0.25) is 0 Å². The van der Waals surface area contributed by atoms with E-state index in [0.29, 0.717) is 6.61 Å². The second kappa shape index (κ2) is 6.56. The van der Waals surface area contributed by atoms with Crippen LogP contribution in [0, 0.1) is 11.3 Å². The van der Waals surface area contributed by atoms with Crippen LogP contribution in [-0.2, 0) is 13.5 Å². The molecule has 1 aliphatic rings. The molecule has 0 aromatic carbocycles. The van der Waals surface area contributed by atoms with Crippen molar-refractivity contribution in [1.82, 2.24) is 9.78 Å². The van der Waals surface area contributed by atoms with Crippen LogP contribution in [0.4, 0.5) is 0 Å². The molecule has 1 aromatic heterocycles. The molecule has 0 aliphatic heterocycles. The second-order valence-electron chi connectivity index (χ2n) is 6.44. The fourth-order valence-corrected chi connectivity index (χ4v) is 3.46. The van der Waals surface area contributed by atoms with Gasteiger partial charge in [-0.1, -0.05) is 26.2 Å². The lowest BCUT2D eigenvalue weighted by Gasteiger charge is -2.39. The molecule has 1 heterocycles. The van der Waals surface area contributed by atoms with Gasteiger partial charge in [-0.05, 0) is 49.0 Å². The van der Waals surface area contributed by atoms with Crippen LogP contribution >= 0.6 is 0 Å². The van der Waals surface area contributed by atoms with Crippen molar-refractivity contribution in [2.45, 2.75) is 58.3 Å². The Morgan fingerprint density at radius 2 is 2.16 bits per heavy atom. The lowest BCUT2D eigenvalue weighted by Crippen LogP contribution is -2.33. The van der Waals surface area contributed by atoms with Gasteiger partial charge in [0.1, 0.15) is 0 Å². The van der Waals surface area contributed by atoms with E-state index >= 15 is 0 Å². The summed E-state index contributed by atoms with van der Waals surface area (Å²) in [5.74, 6) is 0.897. The van der Waals surface area contributed by atoms with Crippen LogP contribution in [0.25, 0.3) is 0 Å². The Bertz CT molecular complexity index is 378. The second-order valence-corrected chi connectivity index (χ2v) is 6.44. The molecule has 1 N–H and O–H groups in total. The zero-order valence-electron chi connectivity index (χ0n) is 12.4. The Kier molecular flexibility index (Phi) is 5.03. The number of unbranched alkanes of at least 4 members (excludes halogenated alkanes) is 1. The summed E-state index contributed by atoms with van der Waals surface area (Å²) in [4.78, 5) is 0. The van der Waals surface area contributed by atoms with E-state index in [9.17, 15) is 5.11 Å². The Balaban J connectivity index is 1.90. The summed E-state index contributed by atoms with van der Waals surface area (Å²) in [5.41, 5.74) is 1.38. The number of rotatable bonds is 6. The van der Waals surface area contributed by atoms with Gasteiger partial charge >= 0.3 is 0 Å². The SMILES string of the molecule is CCCCC1CCC(CO)(Cc2cnn(C)c2)CC1. The minimum atomic E-state index is 0.117. The van der Waals surface area contributed by atoms with Gasteiger partial charge in [0, 0.05) is 19.9 Å². The van der Waals surface area contributed by atoms with Gasteiger partial charge in [0.2, 0.25) is 0 Å². The van der Waals surface area contributed by atoms with E-state index in [1.54, 1.807) is 0 Å². The van der Waals surface area contributed by atoms with Crippen LogP contribution in [0.3, 0.4) is 0 Å². The molecule has 0 bridgehead atoms. The molecule has 1 fully saturated rings. The first-order chi connectivity index (χ1) is 9.17. The number of hydrogen-bond donors (Lipinski definition) is 1. The summed E-state index contributed by atoms with van der Waals surface area (Å²) in [6, 6.07) is 0. The first-order valence-corrected chi connectivity index (χ1v) is 7.76. The maximum atomic E-state index is 9.84. The molecule has 19 heavy (non-hydrogen) atoms. The maximum absolute atomic E-state index is 9.84. The van der Waals surface area contributed by atoms with Gasteiger partial charge in [0.05, 0.1) is 6.20 Å². The number of aliphatic hydroxyl groups excluding tert-OH is 1. The highest BCUT2D eigenvalue weighted by Gasteiger charge is 2.34. The van der Waals surface area contributed by atoms with E-state index in [-0.39, 0.29) is 5.41 Å². The summed E-state index contributed by atoms with van der Waals surface area (Å²) >= 11 is 0. The molecule has 1 saturated carbocycles. The summed E-state index contributed by atoms with van der Waals surface area (Å²) < 4.78 is 1.85. The molecule has 0 amide bonds. The molecule has 0 radical (unpaired) electrons. The molecule has 0 atom stereocenters. The Morgan fingerprint density at radius 3 is 2.68 bits per heavy atom. The highest BCUT2D eigenvalue weighted by molar-refractivity contribution is 5.08. The number of hydrogen-bond acceptors (Lipinski definition) is 2. The standard InChI is InChI=1S/C16H28N2O/c1-3-4-5-14-6-8-16(13-19,9-7-14)10-15-11-17-18(2)12-15/h11-12,14,19H,3-10,13H2,1-2H3. The highest BCUT2D eigenvalue weighted by atomic mass is 16.3. The van der Waals surface area contributed by atoms with Crippen molar-refractivity contribution in [3.63, 3.8) is 0 Å². The van der Waals surface area contributed by atoms with E-state index in [1.165, 1.54) is 50.5 Å². The molecule has 0 unspecified atom stereocenters. The Hall–Kier alpha value is -0.830. The molecule has 3 nitrogen and oxygen atoms in total. The van der Waals surface area contributed by atoms with E-state index in [0.717, 1.165) is 12.3 Å². The number of nitrogens with zero attached hydrogens (tertiary/aromatic N) is 2. The molecule has 2 rings (SSSR count). The maximum Gasteiger partial charge on any atom is 0.0521 e. The summed E-state index contributed by atoms with van der Waals surface area (Å²) in [6.07, 6.45) is 14.0. The largest absolute Gasteiger partial charge is 0.396 e. The molecule has 0 saturated heterocycles. The smallest absolute Gasteiger partial charge is 0.0521 e. The number of aliphatic hydroxyl groups is 1. The first kappa shape index (κ1) is 14.6. The van der Waals surface area contributed by atoms with E-state index in [1.807, 2.05) is 17.9 Å². The quantitative estimate of drug-likeness (QED) is 0.856. The highest BCUT2D eigenvalue weighted by Crippen LogP contribution is 2.42. The Morgan fingerprint density at radius 1 is 1.42 bits per heavy atom. The topological polar surface area (TPSA) is 38.1 Å². The van der Waals surface area contributed by atoms with Crippen molar-refractivity contribution < 1.29 is 5.11 Å². The summed E-state index contributed by atoms with van der Waals surface area (Å²) in [5, 5.41) is 14.1. The lowest BCUT2D eigenvalue weighted by molar-refractivity contribution is 0.0620. The zero-order valence-corrected chi connectivity index (χ0v) is 12.4. The predicted molar refractivity (Wildman–Crippen MR) is 77.9 cm³/mol. The van der Waals surface area contributed by atoms with Gasteiger partial charge in [0.25, 0.3) is 0 Å². The number of aromatic nitrogens is 2. The van der Waals surface area contributed by atoms with Crippen LogP contribution in [0.1, 0.15) is 57.4 Å². The molecule has 1 aliphatic carbocycles. The predicted octanol–water partition coefficient (Wildman–Crippen LogP) is 3.32. The van der Waals surface area contributed by atoms with Gasteiger partial charge in [-0.2, -0.15) is 5.10 Å². The average molecular weight is 264 g/mol. The van der Waals surface area contributed by atoms with Crippen molar-refractivity contribution in [1.29, 1.82) is 0 Å². The molecular weight excluding hydrogens is 236 g/mol. The summed E-state index contributed by atoms with van der Waals surface area (Å²) in [7, 11) is 1.96.